The van der Waals surface area contributed by atoms with E-state index in [1.807, 2.05) is 6.92 Å². The fourth-order valence-corrected chi connectivity index (χ4v) is 2.15. The summed E-state index contributed by atoms with van der Waals surface area (Å²) in [5, 5.41) is 10.1. The molecule has 0 spiro atoms. The Labute approximate surface area is 89.9 Å². The van der Waals surface area contributed by atoms with Crippen molar-refractivity contribution in [3.63, 3.8) is 0 Å². The van der Waals surface area contributed by atoms with E-state index in [9.17, 15) is 9.50 Å². The summed E-state index contributed by atoms with van der Waals surface area (Å²) in [5.41, 5.74) is 1.60. The highest BCUT2D eigenvalue weighted by molar-refractivity contribution is 5.28. The molecule has 0 heterocycles. The fraction of sp³-hybridized carbons (Fsp3) is 0.538. The molecule has 1 fully saturated rings. The summed E-state index contributed by atoms with van der Waals surface area (Å²) in [5.74, 6) is -0.0930. The number of aryl methyl sites for hydroxylation is 1. The van der Waals surface area contributed by atoms with Gasteiger partial charge in [-0.3, -0.25) is 0 Å². The fourth-order valence-electron chi connectivity index (χ4n) is 2.15. The third-order valence-electron chi connectivity index (χ3n) is 3.44. The molecule has 2 unspecified atom stereocenters. The first kappa shape index (κ1) is 10.6. The normalized spacial score (nSPS) is 25.0. The van der Waals surface area contributed by atoms with Crippen molar-refractivity contribution >= 4 is 0 Å². The number of hydrogen-bond acceptors (Lipinski definition) is 1. The molecule has 1 nitrogen and oxygen atoms in total. The van der Waals surface area contributed by atoms with Crippen LogP contribution in [-0.4, -0.2) is 5.11 Å². The summed E-state index contributed by atoms with van der Waals surface area (Å²) in [6, 6.07) is 4.90. The highest BCUT2D eigenvalue weighted by Gasteiger charge is 2.50. The van der Waals surface area contributed by atoms with Gasteiger partial charge >= 0.3 is 0 Å². The lowest BCUT2D eigenvalue weighted by Crippen LogP contribution is -2.07. The Balaban J connectivity index is 2.26. The van der Waals surface area contributed by atoms with Gasteiger partial charge in [-0.15, -0.1) is 0 Å². The predicted octanol–water partition coefficient (Wildman–Crippen LogP) is 3.21. The number of aliphatic hydroxyl groups is 1. The molecule has 0 saturated heterocycles. The maximum Gasteiger partial charge on any atom is 0.129 e. The number of aliphatic hydroxyl groups excluding tert-OH is 1. The van der Waals surface area contributed by atoms with Gasteiger partial charge in [-0.2, -0.15) is 0 Å². The minimum absolute atomic E-state index is 0.162. The number of halogens is 1. The van der Waals surface area contributed by atoms with Gasteiger partial charge in [0.05, 0.1) is 6.10 Å². The number of benzene rings is 1. The maximum absolute atomic E-state index is 13.5. The van der Waals surface area contributed by atoms with Crippen LogP contribution in [0.3, 0.4) is 0 Å². The SMILES string of the molecule is Cc1ccc(F)c(C(O)C2CC2(C)C)c1. The molecule has 1 aliphatic rings. The lowest BCUT2D eigenvalue weighted by molar-refractivity contribution is 0.134. The van der Waals surface area contributed by atoms with E-state index in [4.69, 9.17) is 0 Å². The minimum Gasteiger partial charge on any atom is -0.388 e. The van der Waals surface area contributed by atoms with Gasteiger partial charge in [-0.1, -0.05) is 31.5 Å². The van der Waals surface area contributed by atoms with Crippen molar-refractivity contribution in [2.75, 3.05) is 0 Å². The van der Waals surface area contributed by atoms with Crippen molar-refractivity contribution < 1.29 is 9.50 Å². The molecule has 1 aliphatic carbocycles. The van der Waals surface area contributed by atoms with Gasteiger partial charge in [0.25, 0.3) is 0 Å². The van der Waals surface area contributed by atoms with Crippen molar-refractivity contribution in [1.29, 1.82) is 0 Å². The second-order valence-electron chi connectivity index (χ2n) is 5.27. The quantitative estimate of drug-likeness (QED) is 0.791. The monoisotopic (exact) mass is 208 g/mol. The van der Waals surface area contributed by atoms with Crippen LogP contribution in [0.25, 0.3) is 0 Å². The Morgan fingerprint density at radius 2 is 2.07 bits per heavy atom. The highest BCUT2D eigenvalue weighted by atomic mass is 19.1. The molecule has 0 aliphatic heterocycles. The Morgan fingerprint density at radius 1 is 1.47 bits per heavy atom. The maximum atomic E-state index is 13.5. The summed E-state index contributed by atoms with van der Waals surface area (Å²) in [7, 11) is 0. The van der Waals surface area contributed by atoms with Gasteiger partial charge in [0.1, 0.15) is 5.82 Å². The Bertz CT molecular complexity index is 384. The van der Waals surface area contributed by atoms with Crippen LogP contribution in [0.5, 0.6) is 0 Å². The molecule has 2 heteroatoms. The van der Waals surface area contributed by atoms with Crippen molar-refractivity contribution in [2.24, 2.45) is 11.3 Å². The molecule has 1 aromatic carbocycles. The first-order chi connectivity index (χ1) is 6.92. The van der Waals surface area contributed by atoms with Crippen LogP contribution >= 0.6 is 0 Å². The summed E-state index contributed by atoms with van der Waals surface area (Å²) >= 11 is 0. The third kappa shape index (κ3) is 1.91. The molecule has 15 heavy (non-hydrogen) atoms. The van der Waals surface area contributed by atoms with E-state index in [1.165, 1.54) is 6.07 Å². The van der Waals surface area contributed by atoms with Crippen LogP contribution < -0.4 is 0 Å². The van der Waals surface area contributed by atoms with E-state index in [0.717, 1.165) is 12.0 Å². The van der Waals surface area contributed by atoms with E-state index in [2.05, 4.69) is 13.8 Å². The van der Waals surface area contributed by atoms with Crippen LogP contribution in [0.4, 0.5) is 4.39 Å². The lowest BCUT2D eigenvalue weighted by atomic mass is 9.98. The van der Waals surface area contributed by atoms with Crippen molar-refractivity contribution in [1.82, 2.24) is 0 Å². The number of hydrogen-bond donors (Lipinski definition) is 1. The van der Waals surface area contributed by atoms with Crippen LogP contribution in [0.2, 0.25) is 0 Å². The van der Waals surface area contributed by atoms with Gasteiger partial charge in [0, 0.05) is 5.56 Å². The molecular formula is C13H17FO. The Morgan fingerprint density at radius 3 is 2.60 bits per heavy atom. The van der Waals surface area contributed by atoms with E-state index in [-0.39, 0.29) is 17.2 Å². The van der Waals surface area contributed by atoms with E-state index in [1.54, 1.807) is 12.1 Å². The zero-order valence-corrected chi connectivity index (χ0v) is 9.42. The van der Waals surface area contributed by atoms with Gasteiger partial charge in [-0.05, 0) is 30.7 Å². The second kappa shape index (κ2) is 3.31. The lowest BCUT2D eigenvalue weighted by Gasteiger charge is -2.14. The molecule has 0 radical (unpaired) electrons. The van der Waals surface area contributed by atoms with E-state index >= 15 is 0 Å². The summed E-state index contributed by atoms with van der Waals surface area (Å²) in [6.45, 7) is 6.12. The predicted molar refractivity (Wildman–Crippen MR) is 58.0 cm³/mol. The van der Waals surface area contributed by atoms with Crippen LogP contribution in [0.1, 0.15) is 37.5 Å². The Kier molecular flexibility index (Phi) is 2.34. The number of rotatable bonds is 2. The first-order valence-corrected chi connectivity index (χ1v) is 5.36. The van der Waals surface area contributed by atoms with Gasteiger partial charge in [-0.25, -0.2) is 4.39 Å². The van der Waals surface area contributed by atoms with Gasteiger partial charge < -0.3 is 5.11 Å². The molecule has 1 saturated carbocycles. The van der Waals surface area contributed by atoms with Crippen molar-refractivity contribution in [2.45, 2.75) is 33.3 Å². The molecule has 1 N–H and O–H groups in total. The largest absolute Gasteiger partial charge is 0.388 e. The van der Waals surface area contributed by atoms with Crippen molar-refractivity contribution in [3.8, 4) is 0 Å². The summed E-state index contributed by atoms with van der Waals surface area (Å²) in [6.07, 6.45) is 0.321. The summed E-state index contributed by atoms with van der Waals surface area (Å²) in [4.78, 5) is 0. The van der Waals surface area contributed by atoms with Gasteiger partial charge in [0.15, 0.2) is 0 Å². The molecule has 0 bridgehead atoms. The first-order valence-electron chi connectivity index (χ1n) is 5.36. The minimum atomic E-state index is -0.653. The zero-order valence-electron chi connectivity index (χ0n) is 9.42. The van der Waals surface area contributed by atoms with Crippen molar-refractivity contribution in [3.05, 3.63) is 35.1 Å². The molecule has 2 atom stereocenters. The van der Waals surface area contributed by atoms with E-state index < -0.39 is 6.10 Å². The zero-order chi connectivity index (χ0) is 11.2. The molecule has 0 amide bonds. The molecule has 82 valence electrons. The van der Waals surface area contributed by atoms with Crippen LogP contribution in [-0.2, 0) is 0 Å². The van der Waals surface area contributed by atoms with Crippen LogP contribution in [0.15, 0.2) is 18.2 Å². The van der Waals surface area contributed by atoms with Crippen LogP contribution in [0, 0.1) is 24.1 Å². The van der Waals surface area contributed by atoms with E-state index in [0.29, 0.717) is 5.56 Å². The molecular weight excluding hydrogens is 191 g/mol. The smallest absolute Gasteiger partial charge is 0.129 e. The molecule has 0 aromatic heterocycles. The average molecular weight is 208 g/mol. The molecule has 2 rings (SSSR count). The highest BCUT2D eigenvalue weighted by Crippen LogP contribution is 2.57. The summed E-state index contributed by atoms with van der Waals surface area (Å²) < 4.78 is 13.5. The standard InChI is InChI=1S/C13H17FO/c1-8-4-5-11(14)9(6-8)12(15)10-7-13(10,2)3/h4-6,10,12,15H,7H2,1-3H3. The topological polar surface area (TPSA) is 20.2 Å². The third-order valence-corrected chi connectivity index (χ3v) is 3.44. The van der Waals surface area contributed by atoms with Gasteiger partial charge in [0.2, 0.25) is 0 Å². The Hall–Kier alpha value is -0.890. The average Bonchev–Trinajstić information content (AvgIpc) is 2.78. The molecule has 1 aromatic rings. The second-order valence-corrected chi connectivity index (χ2v) is 5.27.